The number of oxazole rings is 1. The Labute approximate surface area is 79.2 Å². The number of nitrogens with zero attached hydrogens (tertiary/aromatic N) is 3. The highest BCUT2D eigenvalue weighted by Gasteiger charge is 2.15. The highest BCUT2D eigenvalue weighted by atomic mass is 16.4. The van der Waals surface area contributed by atoms with E-state index in [-0.39, 0.29) is 12.1 Å². The number of aliphatic imine (C=N–C) groups is 1. The van der Waals surface area contributed by atoms with Gasteiger partial charge in [0.15, 0.2) is 0 Å². The van der Waals surface area contributed by atoms with Crippen LogP contribution in [0.1, 0.15) is 0 Å². The van der Waals surface area contributed by atoms with Crippen molar-refractivity contribution in [3.63, 3.8) is 0 Å². The summed E-state index contributed by atoms with van der Waals surface area (Å²) >= 11 is 0. The molecule has 1 aliphatic rings. The lowest BCUT2D eigenvalue weighted by Crippen LogP contribution is -2.22. The van der Waals surface area contributed by atoms with Gasteiger partial charge in [-0.15, -0.1) is 0 Å². The minimum atomic E-state index is -0.988. The molecule has 0 atom stereocenters. The van der Waals surface area contributed by atoms with Gasteiger partial charge in [-0.3, -0.25) is 9.89 Å². The van der Waals surface area contributed by atoms with Crippen LogP contribution in [0.15, 0.2) is 33.6 Å². The fraction of sp³-hybridized carbons (Fsp3) is 0.125. The Morgan fingerprint density at radius 1 is 1.64 bits per heavy atom. The third-order valence-corrected chi connectivity index (χ3v) is 1.68. The van der Waals surface area contributed by atoms with Gasteiger partial charge in [-0.05, 0) is 0 Å². The van der Waals surface area contributed by atoms with Crippen LogP contribution in [0.4, 0.5) is 6.01 Å². The van der Waals surface area contributed by atoms with Gasteiger partial charge in [0.2, 0.25) is 0 Å². The van der Waals surface area contributed by atoms with Crippen LogP contribution in [0.2, 0.25) is 0 Å². The maximum absolute atomic E-state index is 10.6. The molecule has 72 valence electrons. The van der Waals surface area contributed by atoms with Crippen LogP contribution >= 0.6 is 0 Å². The molecule has 6 heteroatoms. The molecular formula is C8H7N3O3. The molecular weight excluding hydrogens is 186 g/mol. The summed E-state index contributed by atoms with van der Waals surface area (Å²) in [6, 6.07) is 0.298. The van der Waals surface area contributed by atoms with E-state index in [1.54, 1.807) is 0 Å². The predicted molar refractivity (Wildman–Crippen MR) is 48.1 cm³/mol. The molecule has 2 heterocycles. The van der Waals surface area contributed by atoms with Crippen molar-refractivity contribution in [3.8, 4) is 0 Å². The second-order valence-corrected chi connectivity index (χ2v) is 2.64. The highest BCUT2D eigenvalue weighted by molar-refractivity contribution is 5.92. The van der Waals surface area contributed by atoms with Gasteiger partial charge in [-0.25, -0.2) is 9.78 Å². The molecule has 1 aromatic rings. The van der Waals surface area contributed by atoms with E-state index in [1.807, 2.05) is 0 Å². The van der Waals surface area contributed by atoms with Crippen molar-refractivity contribution in [2.24, 2.45) is 4.99 Å². The lowest BCUT2D eigenvalue weighted by molar-refractivity contribution is -0.132. The summed E-state index contributed by atoms with van der Waals surface area (Å²) in [5.74, 6) is -0.988. The van der Waals surface area contributed by atoms with Crippen molar-refractivity contribution >= 4 is 18.3 Å². The maximum atomic E-state index is 10.6. The van der Waals surface area contributed by atoms with Crippen LogP contribution in [0.3, 0.4) is 0 Å². The summed E-state index contributed by atoms with van der Waals surface area (Å²) in [4.78, 5) is 19.8. The number of aromatic nitrogens is 1. The minimum absolute atomic E-state index is 0.173. The fourth-order valence-corrected chi connectivity index (χ4v) is 1.04. The molecule has 0 radical (unpaired) electrons. The lowest BCUT2D eigenvalue weighted by atomic mass is 10.3. The molecule has 6 nitrogen and oxygen atoms in total. The van der Waals surface area contributed by atoms with Gasteiger partial charge in [0.25, 0.3) is 0 Å². The van der Waals surface area contributed by atoms with Crippen molar-refractivity contribution in [1.29, 1.82) is 0 Å². The summed E-state index contributed by atoms with van der Waals surface area (Å²) in [6.45, 7) is 0.173. The normalized spacial score (nSPS) is 15.4. The number of aliphatic carboxylic acids is 1. The first-order chi connectivity index (χ1) is 6.77. The van der Waals surface area contributed by atoms with E-state index >= 15 is 0 Å². The topological polar surface area (TPSA) is 78.9 Å². The van der Waals surface area contributed by atoms with Crippen molar-refractivity contribution < 1.29 is 14.3 Å². The number of carbonyl (C=O) groups is 1. The third-order valence-electron chi connectivity index (χ3n) is 1.68. The molecule has 1 aliphatic heterocycles. The maximum Gasteiger partial charge on any atom is 0.334 e. The number of hydrogen-bond donors (Lipinski definition) is 1. The molecule has 0 aliphatic carbocycles. The summed E-state index contributed by atoms with van der Waals surface area (Å²) in [6.07, 6.45) is 5.79. The molecule has 1 aromatic heterocycles. The second-order valence-electron chi connectivity index (χ2n) is 2.64. The van der Waals surface area contributed by atoms with Gasteiger partial charge in [-0.2, -0.15) is 0 Å². The zero-order chi connectivity index (χ0) is 9.97. The average Bonchev–Trinajstić information content (AvgIpc) is 2.71. The Hall–Kier alpha value is -2.11. The molecule has 0 saturated heterocycles. The molecule has 0 fully saturated rings. The first kappa shape index (κ1) is 8.49. The summed E-state index contributed by atoms with van der Waals surface area (Å²) in [7, 11) is 0. The van der Waals surface area contributed by atoms with Crippen LogP contribution in [0, 0.1) is 0 Å². The third kappa shape index (κ3) is 1.49. The molecule has 0 spiro atoms. The van der Waals surface area contributed by atoms with Crippen LogP contribution in [0.25, 0.3) is 0 Å². The van der Waals surface area contributed by atoms with Crippen LogP contribution in [-0.2, 0) is 4.79 Å². The largest absolute Gasteiger partial charge is 0.478 e. The van der Waals surface area contributed by atoms with E-state index in [4.69, 9.17) is 9.52 Å². The molecule has 14 heavy (non-hydrogen) atoms. The fourth-order valence-electron chi connectivity index (χ4n) is 1.04. The summed E-state index contributed by atoms with van der Waals surface area (Å²) in [5.41, 5.74) is 0.200. The summed E-state index contributed by atoms with van der Waals surface area (Å²) < 4.78 is 4.99. The first-order valence-electron chi connectivity index (χ1n) is 3.89. The Bertz CT molecular complexity index is 394. The SMILES string of the molecule is O=C(O)C1=CN(c2ncco2)C=NC1. The predicted octanol–water partition coefficient (Wildman–Crippen LogP) is 0.491. The van der Waals surface area contributed by atoms with Crippen LogP contribution in [0.5, 0.6) is 0 Å². The number of carboxylic acid groups (broad SMARTS) is 1. The van der Waals surface area contributed by atoms with Gasteiger partial charge in [0.1, 0.15) is 6.26 Å². The Morgan fingerprint density at radius 3 is 3.14 bits per heavy atom. The van der Waals surface area contributed by atoms with Crippen LogP contribution < -0.4 is 4.90 Å². The van der Waals surface area contributed by atoms with Crippen molar-refractivity contribution in [3.05, 3.63) is 24.2 Å². The smallest absolute Gasteiger partial charge is 0.334 e. The quantitative estimate of drug-likeness (QED) is 0.739. The van der Waals surface area contributed by atoms with E-state index < -0.39 is 5.97 Å². The minimum Gasteiger partial charge on any atom is -0.478 e. The number of rotatable bonds is 2. The highest BCUT2D eigenvalue weighted by Crippen LogP contribution is 2.13. The molecule has 1 N–H and O–H groups in total. The average molecular weight is 193 g/mol. The van der Waals surface area contributed by atoms with E-state index in [1.165, 1.54) is 29.9 Å². The Balaban J connectivity index is 2.25. The van der Waals surface area contributed by atoms with Crippen molar-refractivity contribution in [2.75, 3.05) is 11.4 Å². The summed E-state index contributed by atoms with van der Waals surface area (Å²) in [5, 5.41) is 8.73. The van der Waals surface area contributed by atoms with Gasteiger partial charge in [-0.1, -0.05) is 0 Å². The molecule has 2 rings (SSSR count). The Morgan fingerprint density at radius 2 is 2.50 bits per heavy atom. The van der Waals surface area contributed by atoms with Crippen molar-refractivity contribution in [2.45, 2.75) is 0 Å². The van der Waals surface area contributed by atoms with Gasteiger partial charge < -0.3 is 9.52 Å². The molecule has 0 unspecified atom stereocenters. The number of hydrogen-bond acceptors (Lipinski definition) is 5. The monoisotopic (exact) mass is 193 g/mol. The Kier molecular flexibility index (Phi) is 2.02. The zero-order valence-corrected chi connectivity index (χ0v) is 7.12. The van der Waals surface area contributed by atoms with Gasteiger partial charge in [0, 0.05) is 6.20 Å². The molecule has 0 aromatic carbocycles. The van der Waals surface area contributed by atoms with E-state index in [9.17, 15) is 4.79 Å². The van der Waals surface area contributed by atoms with Crippen LogP contribution in [-0.4, -0.2) is 28.9 Å². The van der Waals surface area contributed by atoms with E-state index in [2.05, 4.69) is 9.98 Å². The van der Waals surface area contributed by atoms with Gasteiger partial charge >= 0.3 is 12.0 Å². The first-order valence-corrected chi connectivity index (χ1v) is 3.89. The molecule has 0 saturated carbocycles. The molecule has 0 bridgehead atoms. The number of carboxylic acids is 1. The van der Waals surface area contributed by atoms with Gasteiger partial charge in [0.05, 0.1) is 24.7 Å². The lowest BCUT2D eigenvalue weighted by Gasteiger charge is -2.14. The molecule has 0 amide bonds. The van der Waals surface area contributed by atoms with E-state index in [0.717, 1.165) is 0 Å². The number of anilines is 1. The van der Waals surface area contributed by atoms with E-state index in [0.29, 0.717) is 6.01 Å². The second kappa shape index (κ2) is 3.33. The zero-order valence-electron chi connectivity index (χ0n) is 7.12. The van der Waals surface area contributed by atoms with Crippen molar-refractivity contribution in [1.82, 2.24) is 4.98 Å². The standard InChI is InChI=1S/C8H7N3O3/c12-7(13)6-3-9-5-11(4-6)8-10-1-2-14-8/h1-2,4-5H,3H2,(H,12,13).